The van der Waals surface area contributed by atoms with Gasteiger partial charge < -0.3 is 14.4 Å². The summed E-state index contributed by atoms with van der Waals surface area (Å²) in [6, 6.07) is 7.98. The summed E-state index contributed by atoms with van der Waals surface area (Å²) < 4.78 is 10.4. The van der Waals surface area contributed by atoms with E-state index >= 15 is 0 Å². The minimum Gasteiger partial charge on any atom is -0.465 e. The Morgan fingerprint density at radius 1 is 1.33 bits per heavy atom. The van der Waals surface area contributed by atoms with E-state index in [0.29, 0.717) is 19.8 Å². The zero-order chi connectivity index (χ0) is 13.2. The maximum Gasteiger partial charge on any atom is 0.321 e. The molecule has 1 saturated heterocycles. The molecule has 18 heavy (non-hydrogen) atoms. The lowest BCUT2D eigenvalue weighted by Crippen LogP contribution is -2.53. The van der Waals surface area contributed by atoms with Crippen LogP contribution in [0.3, 0.4) is 0 Å². The molecule has 98 valence electrons. The maximum atomic E-state index is 12.1. The molecule has 0 bridgehead atoms. The highest BCUT2D eigenvalue weighted by molar-refractivity contribution is 5.84. The minimum absolute atomic E-state index is 0.186. The highest BCUT2D eigenvalue weighted by atomic mass is 16.6. The lowest BCUT2D eigenvalue weighted by atomic mass is 9.78. The van der Waals surface area contributed by atoms with Gasteiger partial charge in [0.1, 0.15) is 5.41 Å². The SMILES string of the molecule is CCOC(=O)C1(c2ccc(N(C)C)cc2)COC1. The second kappa shape index (κ2) is 4.98. The number of anilines is 1. The molecule has 1 heterocycles. The zero-order valence-electron chi connectivity index (χ0n) is 11.1. The van der Waals surface area contributed by atoms with Crippen LogP contribution in [0, 0.1) is 0 Å². The van der Waals surface area contributed by atoms with E-state index < -0.39 is 5.41 Å². The van der Waals surface area contributed by atoms with Crippen molar-refractivity contribution in [3.8, 4) is 0 Å². The highest BCUT2D eigenvalue weighted by Gasteiger charge is 2.48. The molecule has 1 aliphatic heterocycles. The molecule has 0 spiro atoms. The van der Waals surface area contributed by atoms with Gasteiger partial charge >= 0.3 is 5.97 Å². The van der Waals surface area contributed by atoms with Crippen LogP contribution in [-0.2, 0) is 19.7 Å². The fraction of sp³-hybridized carbons (Fsp3) is 0.500. The summed E-state index contributed by atoms with van der Waals surface area (Å²) in [5.41, 5.74) is 1.48. The van der Waals surface area contributed by atoms with Crippen LogP contribution in [0.4, 0.5) is 5.69 Å². The highest BCUT2D eigenvalue weighted by Crippen LogP contribution is 2.34. The Bertz CT molecular complexity index is 421. The number of hydrogen-bond donors (Lipinski definition) is 0. The Morgan fingerprint density at radius 3 is 2.33 bits per heavy atom. The fourth-order valence-electron chi connectivity index (χ4n) is 2.06. The first-order valence-electron chi connectivity index (χ1n) is 6.13. The maximum absolute atomic E-state index is 12.1. The third-order valence-electron chi connectivity index (χ3n) is 3.30. The number of rotatable bonds is 4. The van der Waals surface area contributed by atoms with Crippen LogP contribution in [0.5, 0.6) is 0 Å². The van der Waals surface area contributed by atoms with Gasteiger partial charge in [-0.05, 0) is 24.6 Å². The fourth-order valence-corrected chi connectivity index (χ4v) is 2.06. The van der Waals surface area contributed by atoms with Crippen LogP contribution >= 0.6 is 0 Å². The molecule has 1 aliphatic rings. The summed E-state index contributed by atoms with van der Waals surface area (Å²) >= 11 is 0. The average molecular weight is 249 g/mol. The van der Waals surface area contributed by atoms with Gasteiger partial charge in [0.15, 0.2) is 0 Å². The predicted octanol–water partition coefficient (Wildman–Crippen LogP) is 1.58. The van der Waals surface area contributed by atoms with Gasteiger partial charge in [-0.3, -0.25) is 4.79 Å². The quantitative estimate of drug-likeness (QED) is 0.760. The summed E-state index contributed by atoms with van der Waals surface area (Å²) in [6.07, 6.45) is 0. The molecule has 1 fully saturated rings. The summed E-state index contributed by atoms with van der Waals surface area (Å²) in [5.74, 6) is -0.186. The largest absolute Gasteiger partial charge is 0.465 e. The molecular weight excluding hydrogens is 230 g/mol. The van der Waals surface area contributed by atoms with Crippen LogP contribution in [0.25, 0.3) is 0 Å². The second-order valence-electron chi connectivity index (χ2n) is 4.74. The Balaban J connectivity index is 2.25. The molecule has 1 aromatic rings. The van der Waals surface area contributed by atoms with Crippen molar-refractivity contribution in [2.75, 3.05) is 38.8 Å². The van der Waals surface area contributed by atoms with Crippen LogP contribution in [0.15, 0.2) is 24.3 Å². The summed E-state index contributed by atoms with van der Waals surface area (Å²) in [5, 5.41) is 0. The molecular formula is C14H19NO3. The minimum atomic E-state index is -0.596. The van der Waals surface area contributed by atoms with Crippen LogP contribution < -0.4 is 4.90 Å². The Hall–Kier alpha value is -1.55. The summed E-state index contributed by atoms with van der Waals surface area (Å²) in [7, 11) is 3.98. The van der Waals surface area contributed by atoms with Crippen molar-refractivity contribution >= 4 is 11.7 Å². The zero-order valence-corrected chi connectivity index (χ0v) is 11.1. The third-order valence-corrected chi connectivity index (χ3v) is 3.30. The van der Waals surface area contributed by atoms with Gasteiger partial charge in [0, 0.05) is 19.8 Å². The number of esters is 1. The van der Waals surface area contributed by atoms with Gasteiger partial charge in [0.05, 0.1) is 19.8 Å². The van der Waals surface area contributed by atoms with E-state index in [-0.39, 0.29) is 5.97 Å². The van der Waals surface area contributed by atoms with Crippen molar-refractivity contribution in [1.82, 2.24) is 0 Å². The second-order valence-corrected chi connectivity index (χ2v) is 4.74. The molecule has 0 atom stereocenters. The van der Waals surface area contributed by atoms with E-state index in [1.54, 1.807) is 0 Å². The van der Waals surface area contributed by atoms with Gasteiger partial charge in [-0.15, -0.1) is 0 Å². The molecule has 0 radical (unpaired) electrons. The van der Waals surface area contributed by atoms with Crippen LogP contribution in [0.1, 0.15) is 12.5 Å². The summed E-state index contributed by atoms with van der Waals surface area (Å²) in [4.78, 5) is 14.1. The van der Waals surface area contributed by atoms with Gasteiger partial charge in [-0.25, -0.2) is 0 Å². The molecule has 0 unspecified atom stereocenters. The normalized spacial score (nSPS) is 16.8. The predicted molar refractivity (Wildman–Crippen MR) is 69.9 cm³/mol. The molecule has 2 rings (SSSR count). The van der Waals surface area contributed by atoms with Crippen molar-refractivity contribution < 1.29 is 14.3 Å². The van der Waals surface area contributed by atoms with Gasteiger partial charge in [-0.2, -0.15) is 0 Å². The number of benzene rings is 1. The molecule has 0 N–H and O–H groups in total. The molecule has 1 aromatic carbocycles. The standard InChI is InChI=1S/C14H19NO3/c1-4-18-13(16)14(9-17-10-14)11-5-7-12(8-6-11)15(2)3/h5-8H,4,9-10H2,1-3H3. The first-order valence-corrected chi connectivity index (χ1v) is 6.13. The number of carbonyl (C=O) groups is 1. The first kappa shape index (κ1) is 12.9. The van der Waals surface area contributed by atoms with Crippen LogP contribution in [-0.4, -0.2) is 39.9 Å². The van der Waals surface area contributed by atoms with E-state index in [0.717, 1.165) is 11.3 Å². The van der Waals surface area contributed by atoms with E-state index in [1.807, 2.05) is 50.2 Å². The Morgan fingerprint density at radius 2 is 1.94 bits per heavy atom. The summed E-state index contributed by atoms with van der Waals surface area (Å²) in [6.45, 7) is 3.04. The van der Waals surface area contributed by atoms with Gasteiger partial charge in [0.25, 0.3) is 0 Å². The van der Waals surface area contributed by atoms with E-state index in [2.05, 4.69) is 0 Å². The van der Waals surface area contributed by atoms with Crippen molar-refractivity contribution in [1.29, 1.82) is 0 Å². The van der Waals surface area contributed by atoms with Crippen molar-refractivity contribution in [2.24, 2.45) is 0 Å². The van der Waals surface area contributed by atoms with E-state index in [1.165, 1.54) is 0 Å². The lowest BCUT2D eigenvalue weighted by molar-refractivity contribution is -0.169. The van der Waals surface area contributed by atoms with Gasteiger partial charge in [0.2, 0.25) is 0 Å². The first-order chi connectivity index (χ1) is 8.60. The van der Waals surface area contributed by atoms with Crippen molar-refractivity contribution in [3.05, 3.63) is 29.8 Å². The molecule has 4 nitrogen and oxygen atoms in total. The number of carbonyl (C=O) groups excluding carboxylic acids is 1. The number of hydrogen-bond acceptors (Lipinski definition) is 4. The van der Waals surface area contributed by atoms with Crippen LogP contribution in [0.2, 0.25) is 0 Å². The monoisotopic (exact) mass is 249 g/mol. The molecule has 0 aliphatic carbocycles. The average Bonchev–Trinajstić information content (AvgIpc) is 2.28. The molecule has 0 saturated carbocycles. The molecule has 0 aromatic heterocycles. The smallest absolute Gasteiger partial charge is 0.321 e. The number of nitrogens with zero attached hydrogens (tertiary/aromatic N) is 1. The van der Waals surface area contributed by atoms with E-state index in [9.17, 15) is 4.79 Å². The van der Waals surface area contributed by atoms with E-state index in [4.69, 9.17) is 9.47 Å². The topological polar surface area (TPSA) is 38.8 Å². The van der Waals surface area contributed by atoms with Crippen molar-refractivity contribution in [2.45, 2.75) is 12.3 Å². The van der Waals surface area contributed by atoms with Crippen molar-refractivity contribution in [3.63, 3.8) is 0 Å². The Labute approximate surface area is 107 Å². The molecule has 0 amide bonds. The number of ether oxygens (including phenoxy) is 2. The third kappa shape index (κ3) is 2.08. The Kier molecular flexibility index (Phi) is 3.57. The lowest BCUT2D eigenvalue weighted by Gasteiger charge is -2.39. The molecule has 4 heteroatoms. The van der Waals surface area contributed by atoms with Gasteiger partial charge in [-0.1, -0.05) is 12.1 Å².